The van der Waals surface area contributed by atoms with Crippen LogP contribution in [0.1, 0.15) is 44.2 Å². The molecule has 0 saturated carbocycles. The van der Waals surface area contributed by atoms with Crippen LogP contribution in [0.5, 0.6) is 0 Å². The largest absolute Gasteiger partial charge is 0.389 e. The Balaban J connectivity index is 2.06. The summed E-state index contributed by atoms with van der Waals surface area (Å²) in [7, 11) is 0. The van der Waals surface area contributed by atoms with Crippen molar-refractivity contribution in [3.05, 3.63) is 35.4 Å². The first kappa shape index (κ1) is 13.5. The van der Waals surface area contributed by atoms with Gasteiger partial charge in [0.1, 0.15) is 4.99 Å². The molecule has 3 heteroatoms. The molecule has 0 spiro atoms. The monoisotopic (exact) mass is 262 g/mol. The van der Waals surface area contributed by atoms with E-state index in [9.17, 15) is 0 Å². The molecule has 1 saturated heterocycles. The molecule has 1 fully saturated rings. The van der Waals surface area contributed by atoms with Crippen LogP contribution >= 0.6 is 12.2 Å². The Labute approximate surface area is 115 Å². The Morgan fingerprint density at radius 3 is 2.56 bits per heavy atom. The SMILES string of the molecule is CCC1CCC(C)N1Cc1ccc(C(N)=S)cc1. The van der Waals surface area contributed by atoms with Gasteiger partial charge in [0.25, 0.3) is 0 Å². The number of hydrogen-bond acceptors (Lipinski definition) is 2. The highest BCUT2D eigenvalue weighted by molar-refractivity contribution is 7.80. The zero-order valence-electron chi connectivity index (χ0n) is 11.2. The summed E-state index contributed by atoms with van der Waals surface area (Å²) in [5, 5.41) is 0. The molecule has 0 aromatic heterocycles. The van der Waals surface area contributed by atoms with E-state index in [0.29, 0.717) is 11.0 Å². The number of rotatable bonds is 4. The summed E-state index contributed by atoms with van der Waals surface area (Å²) in [6.45, 7) is 5.65. The quantitative estimate of drug-likeness (QED) is 0.846. The molecule has 0 aliphatic carbocycles. The summed E-state index contributed by atoms with van der Waals surface area (Å²) < 4.78 is 0. The minimum atomic E-state index is 0.475. The summed E-state index contributed by atoms with van der Waals surface area (Å²) >= 11 is 4.97. The predicted molar refractivity (Wildman–Crippen MR) is 80.6 cm³/mol. The van der Waals surface area contributed by atoms with Crippen molar-refractivity contribution in [2.45, 2.75) is 51.7 Å². The summed E-state index contributed by atoms with van der Waals surface area (Å²) in [6.07, 6.45) is 3.90. The van der Waals surface area contributed by atoms with Crippen LogP contribution in [-0.2, 0) is 6.54 Å². The van der Waals surface area contributed by atoms with Gasteiger partial charge in [0, 0.05) is 24.2 Å². The van der Waals surface area contributed by atoms with Gasteiger partial charge in [-0.15, -0.1) is 0 Å². The molecule has 2 atom stereocenters. The van der Waals surface area contributed by atoms with E-state index in [0.717, 1.165) is 18.2 Å². The zero-order valence-corrected chi connectivity index (χ0v) is 12.0. The van der Waals surface area contributed by atoms with Gasteiger partial charge in [-0.05, 0) is 31.7 Å². The third kappa shape index (κ3) is 2.90. The number of nitrogens with two attached hydrogens (primary N) is 1. The molecule has 0 radical (unpaired) electrons. The van der Waals surface area contributed by atoms with E-state index >= 15 is 0 Å². The smallest absolute Gasteiger partial charge is 0.103 e. The second-order valence-corrected chi connectivity index (χ2v) is 5.66. The zero-order chi connectivity index (χ0) is 13.1. The third-order valence-corrected chi connectivity index (χ3v) is 4.26. The maximum absolute atomic E-state index is 5.61. The average Bonchev–Trinajstić information content (AvgIpc) is 2.71. The van der Waals surface area contributed by atoms with Crippen molar-refractivity contribution >= 4 is 17.2 Å². The standard InChI is InChI=1S/C15H22N2S/c1-3-14-9-4-11(2)17(14)10-12-5-7-13(8-6-12)15(16)18/h5-8,11,14H,3-4,9-10H2,1-2H3,(H2,16,18). The Kier molecular flexibility index (Phi) is 4.36. The maximum Gasteiger partial charge on any atom is 0.103 e. The molecule has 0 amide bonds. The van der Waals surface area contributed by atoms with Crippen molar-refractivity contribution in [3.63, 3.8) is 0 Å². The average molecular weight is 262 g/mol. The van der Waals surface area contributed by atoms with Gasteiger partial charge in [-0.3, -0.25) is 4.90 Å². The van der Waals surface area contributed by atoms with Crippen LogP contribution in [-0.4, -0.2) is 22.0 Å². The van der Waals surface area contributed by atoms with E-state index < -0.39 is 0 Å². The molecule has 2 unspecified atom stereocenters. The summed E-state index contributed by atoms with van der Waals surface area (Å²) in [5.74, 6) is 0. The van der Waals surface area contributed by atoms with E-state index in [1.54, 1.807) is 0 Å². The van der Waals surface area contributed by atoms with Gasteiger partial charge < -0.3 is 5.73 Å². The van der Waals surface area contributed by atoms with Gasteiger partial charge in [-0.2, -0.15) is 0 Å². The van der Waals surface area contributed by atoms with E-state index in [-0.39, 0.29) is 0 Å². The molecule has 98 valence electrons. The first-order valence-corrected chi connectivity index (χ1v) is 7.17. The maximum atomic E-state index is 5.61. The van der Waals surface area contributed by atoms with Gasteiger partial charge in [-0.25, -0.2) is 0 Å². The van der Waals surface area contributed by atoms with Gasteiger partial charge >= 0.3 is 0 Å². The molecule has 1 aromatic carbocycles. The second-order valence-electron chi connectivity index (χ2n) is 5.22. The third-order valence-electron chi connectivity index (χ3n) is 4.03. The molecule has 0 bridgehead atoms. The number of nitrogens with zero attached hydrogens (tertiary/aromatic N) is 1. The second kappa shape index (κ2) is 5.81. The predicted octanol–water partition coefficient (Wildman–Crippen LogP) is 3.08. The van der Waals surface area contributed by atoms with Crippen LogP contribution < -0.4 is 5.73 Å². The van der Waals surface area contributed by atoms with Crippen molar-refractivity contribution < 1.29 is 0 Å². The van der Waals surface area contributed by atoms with Crippen LogP contribution in [0.15, 0.2) is 24.3 Å². The lowest BCUT2D eigenvalue weighted by Crippen LogP contribution is -2.33. The van der Waals surface area contributed by atoms with Gasteiger partial charge in [0.05, 0.1) is 0 Å². The lowest BCUT2D eigenvalue weighted by molar-refractivity contribution is 0.189. The van der Waals surface area contributed by atoms with Crippen molar-refractivity contribution in [1.82, 2.24) is 4.90 Å². The van der Waals surface area contributed by atoms with Gasteiger partial charge in [0.2, 0.25) is 0 Å². The van der Waals surface area contributed by atoms with Crippen molar-refractivity contribution in [1.29, 1.82) is 0 Å². The van der Waals surface area contributed by atoms with Crippen molar-refractivity contribution in [2.24, 2.45) is 5.73 Å². The van der Waals surface area contributed by atoms with Crippen molar-refractivity contribution in [2.75, 3.05) is 0 Å². The fraction of sp³-hybridized carbons (Fsp3) is 0.533. The van der Waals surface area contributed by atoms with Crippen molar-refractivity contribution in [3.8, 4) is 0 Å². The van der Waals surface area contributed by atoms with Crippen LogP contribution in [0.4, 0.5) is 0 Å². The molecule has 1 aliphatic heterocycles. The minimum absolute atomic E-state index is 0.475. The number of thiocarbonyl (C=S) groups is 1. The minimum Gasteiger partial charge on any atom is -0.389 e. The normalized spacial score (nSPS) is 24.3. The highest BCUT2D eigenvalue weighted by Gasteiger charge is 2.28. The molecular formula is C15H22N2S. The fourth-order valence-corrected chi connectivity index (χ4v) is 2.97. The highest BCUT2D eigenvalue weighted by Crippen LogP contribution is 2.27. The molecular weight excluding hydrogens is 240 g/mol. The van der Waals surface area contributed by atoms with E-state index in [2.05, 4.69) is 30.9 Å². The van der Waals surface area contributed by atoms with Crippen LogP contribution in [0, 0.1) is 0 Å². The molecule has 1 heterocycles. The molecule has 2 nitrogen and oxygen atoms in total. The summed E-state index contributed by atoms with van der Waals surface area (Å²) in [5.41, 5.74) is 7.92. The molecule has 18 heavy (non-hydrogen) atoms. The Morgan fingerprint density at radius 1 is 1.33 bits per heavy atom. The van der Waals surface area contributed by atoms with Gasteiger partial charge in [-0.1, -0.05) is 43.4 Å². The topological polar surface area (TPSA) is 29.3 Å². The van der Waals surface area contributed by atoms with Crippen LogP contribution in [0.2, 0.25) is 0 Å². The van der Waals surface area contributed by atoms with Gasteiger partial charge in [0.15, 0.2) is 0 Å². The summed E-state index contributed by atoms with van der Waals surface area (Å²) in [4.78, 5) is 3.10. The molecule has 2 N–H and O–H groups in total. The fourth-order valence-electron chi connectivity index (χ4n) is 2.83. The van der Waals surface area contributed by atoms with E-state index in [1.165, 1.54) is 24.8 Å². The number of hydrogen-bond donors (Lipinski definition) is 1. The molecule has 2 rings (SSSR count). The molecule has 1 aliphatic rings. The Bertz CT molecular complexity index is 413. The Hall–Kier alpha value is -0.930. The van der Waals surface area contributed by atoms with E-state index in [1.807, 2.05) is 12.1 Å². The number of likely N-dealkylation sites (tertiary alicyclic amines) is 1. The van der Waals surface area contributed by atoms with Crippen LogP contribution in [0.25, 0.3) is 0 Å². The van der Waals surface area contributed by atoms with E-state index in [4.69, 9.17) is 18.0 Å². The summed E-state index contributed by atoms with van der Waals surface area (Å²) in [6, 6.07) is 9.79. The molecule has 1 aromatic rings. The Morgan fingerprint density at radius 2 is 2.00 bits per heavy atom. The lowest BCUT2D eigenvalue weighted by Gasteiger charge is -2.27. The van der Waals surface area contributed by atoms with Crippen LogP contribution in [0.3, 0.4) is 0 Å². The number of benzene rings is 1. The first-order valence-electron chi connectivity index (χ1n) is 6.76. The highest BCUT2D eigenvalue weighted by atomic mass is 32.1. The lowest BCUT2D eigenvalue weighted by atomic mass is 10.1. The first-order chi connectivity index (χ1) is 8.61.